The maximum Gasteiger partial charge on any atom is 0.0965 e. The van der Waals surface area contributed by atoms with E-state index in [0.717, 1.165) is 31.9 Å². The summed E-state index contributed by atoms with van der Waals surface area (Å²) in [6.07, 6.45) is 2.02. The van der Waals surface area contributed by atoms with Crippen LogP contribution < -0.4 is 5.32 Å². The highest BCUT2D eigenvalue weighted by atomic mass is 15.4. The van der Waals surface area contributed by atoms with Gasteiger partial charge in [0.2, 0.25) is 0 Å². The minimum Gasteiger partial charge on any atom is -0.306 e. The molecule has 17 heavy (non-hydrogen) atoms. The Balaban J connectivity index is 2.37. The van der Waals surface area contributed by atoms with E-state index in [1.54, 1.807) is 0 Å². The van der Waals surface area contributed by atoms with Crippen molar-refractivity contribution in [2.75, 3.05) is 20.1 Å². The van der Waals surface area contributed by atoms with Crippen molar-refractivity contribution in [3.05, 3.63) is 11.9 Å². The average molecular weight is 239 g/mol. The van der Waals surface area contributed by atoms with Crippen LogP contribution in [0.3, 0.4) is 0 Å². The van der Waals surface area contributed by atoms with Gasteiger partial charge >= 0.3 is 0 Å². The maximum atomic E-state index is 4.15. The van der Waals surface area contributed by atoms with Crippen molar-refractivity contribution < 1.29 is 0 Å². The summed E-state index contributed by atoms with van der Waals surface area (Å²) in [5.41, 5.74) is 1.12. The summed E-state index contributed by atoms with van der Waals surface area (Å²) in [7, 11) is 2.11. The van der Waals surface area contributed by atoms with Crippen molar-refractivity contribution in [1.82, 2.24) is 25.2 Å². The fraction of sp³-hybridized carbons (Fsp3) is 0.833. The summed E-state index contributed by atoms with van der Waals surface area (Å²) < 4.78 is 1.91. The van der Waals surface area contributed by atoms with E-state index in [1.165, 1.54) is 0 Å². The number of nitrogens with zero attached hydrogens (tertiary/aromatic N) is 4. The molecule has 5 nitrogen and oxygen atoms in total. The van der Waals surface area contributed by atoms with Gasteiger partial charge in [-0.2, -0.15) is 0 Å². The Morgan fingerprint density at radius 2 is 2.12 bits per heavy atom. The molecule has 1 aromatic rings. The SMILES string of the molecule is CCN(C)CCn1cc(CNC(C)(C)C)nn1. The molecule has 0 amide bonds. The van der Waals surface area contributed by atoms with Gasteiger partial charge in [-0.25, -0.2) is 0 Å². The highest BCUT2D eigenvalue weighted by molar-refractivity contribution is 4.93. The quantitative estimate of drug-likeness (QED) is 0.808. The minimum atomic E-state index is 0.117. The first-order chi connectivity index (χ1) is 7.90. The standard InChI is InChI=1S/C12H25N5/c1-6-16(5)7-8-17-10-11(14-15-17)9-13-12(2,3)4/h10,13H,6-9H2,1-5H3. The van der Waals surface area contributed by atoms with E-state index in [1.807, 2.05) is 10.9 Å². The third kappa shape index (κ3) is 5.79. The molecule has 0 aliphatic rings. The Labute approximate surface area is 104 Å². The van der Waals surface area contributed by atoms with Crippen molar-refractivity contribution in [1.29, 1.82) is 0 Å². The van der Waals surface area contributed by atoms with Crippen molar-refractivity contribution >= 4 is 0 Å². The lowest BCUT2D eigenvalue weighted by atomic mass is 10.1. The number of likely N-dealkylation sites (N-methyl/N-ethyl adjacent to an activating group) is 1. The Bertz CT molecular complexity index is 326. The van der Waals surface area contributed by atoms with Crippen LogP contribution in [0.5, 0.6) is 0 Å². The zero-order valence-corrected chi connectivity index (χ0v) is 11.7. The Morgan fingerprint density at radius 3 is 2.71 bits per heavy atom. The van der Waals surface area contributed by atoms with Crippen LogP contribution in [-0.2, 0) is 13.1 Å². The molecule has 0 radical (unpaired) electrons. The highest BCUT2D eigenvalue weighted by Crippen LogP contribution is 2.01. The van der Waals surface area contributed by atoms with Gasteiger partial charge in [-0.15, -0.1) is 5.10 Å². The molecular weight excluding hydrogens is 214 g/mol. The number of rotatable bonds is 6. The van der Waals surface area contributed by atoms with Gasteiger partial charge in [0.15, 0.2) is 0 Å². The smallest absolute Gasteiger partial charge is 0.0965 e. The van der Waals surface area contributed by atoms with Crippen molar-refractivity contribution in [2.24, 2.45) is 0 Å². The summed E-state index contributed by atoms with van der Waals surface area (Å²) in [5, 5.41) is 11.7. The van der Waals surface area contributed by atoms with Crippen molar-refractivity contribution in [2.45, 2.75) is 46.3 Å². The van der Waals surface area contributed by atoms with Crippen LogP contribution in [-0.4, -0.2) is 45.6 Å². The van der Waals surface area contributed by atoms with Crippen molar-refractivity contribution in [3.63, 3.8) is 0 Å². The summed E-state index contributed by atoms with van der Waals surface area (Å²) in [5.74, 6) is 0. The average Bonchev–Trinajstić information content (AvgIpc) is 2.70. The Kier molecular flexibility index (Phi) is 5.08. The van der Waals surface area contributed by atoms with E-state index in [4.69, 9.17) is 0 Å². The molecule has 5 heteroatoms. The largest absolute Gasteiger partial charge is 0.306 e. The van der Waals surface area contributed by atoms with Crippen LogP contribution >= 0.6 is 0 Å². The molecule has 1 rings (SSSR count). The maximum absolute atomic E-state index is 4.15. The van der Waals surface area contributed by atoms with E-state index < -0.39 is 0 Å². The molecule has 0 aliphatic heterocycles. The predicted molar refractivity (Wildman–Crippen MR) is 69.8 cm³/mol. The van der Waals surface area contributed by atoms with Gasteiger partial charge in [-0.3, -0.25) is 4.68 Å². The van der Waals surface area contributed by atoms with E-state index in [0.29, 0.717) is 0 Å². The molecule has 1 N–H and O–H groups in total. The molecule has 0 atom stereocenters. The molecule has 1 aromatic heterocycles. The van der Waals surface area contributed by atoms with E-state index in [2.05, 4.69) is 55.3 Å². The summed E-state index contributed by atoms with van der Waals surface area (Å²) in [4.78, 5) is 2.26. The number of hydrogen-bond donors (Lipinski definition) is 1. The molecule has 0 aliphatic carbocycles. The molecule has 1 heterocycles. The second-order valence-electron chi connectivity index (χ2n) is 5.47. The van der Waals surface area contributed by atoms with Crippen LogP contribution in [0, 0.1) is 0 Å². The first-order valence-electron chi connectivity index (χ1n) is 6.23. The number of aromatic nitrogens is 3. The first-order valence-corrected chi connectivity index (χ1v) is 6.23. The third-order valence-corrected chi connectivity index (χ3v) is 2.64. The van der Waals surface area contributed by atoms with Gasteiger partial charge in [-0.1, -0.05) is 12.1 Å². The molecule has 0 bridgehead atoms. The monoisotopic (exact) mass is 239 g/mol. The first kappa shape index (κ1) is 14.1. The van der Waals surface area contributed by atoms with Crippen LogP contribution in [0.4, 0.5) is 0 Å². The number of nitrogens with one attached hydrogen (secondary N) is 1. The van der Waals surface area contributed by atoms with E-state index in [9.17, 15) is 0 Å². The fourth-order valence-electron chi connectivity index (χ4n) is 1.32. The topological polar surface area (TPSA) is 46.0 Å². The zero-order chi connectivity index (χ0) is 12.9. The lowest BCUT2D eigenvalue weighted by Gasteiger charge is -2.19. The summed E-state index contributed by atoms with van der Waals surface area (Å²) in [6.45, 7) is 12.3. The van der Waals surface area contributed by atoms with Gasteiger partial charge in [0, 0.05) is 24.8 Å². The predicted octanol–water partition coefficient (Wildman–Crippen LogP) is 1.12. The van der Waals surface area contributed by atoms with Crippen LogP contribution in [0.15, 0.2) is 6.20 Å². The van der Waals surface area contributed by atoms with Crippen molar-refractivity contribution in [3.8, 4) is 0 Å². The van der Waals surface area contributed by atoms with Crippen LogP contribution in [0.2, 0.25) is 0 Å². The van der Waals surface area contributed by atoms with Gasteiger partial charge in [0.05, 0.1) is 12.2 Å². The molecule has 0 saturated heterocycles. The molecule has 0 spiro atoms. The molecule has 0 unspecified atom stereocenters. The lowest BCUT2D eigenvalue weighted by Crippen LogP contribution is -2.35. The Hall–Kier alpha value is -0.940. The molecule has 0 fully saturated rings. The number of hydrogen-bond acceptors (Lipinski definition) is 4. The van der Waals surface area contributed by atoms with Gasteiger partial charge in [0.25, 0.3) is 0 Å². The second kappa shape index (κ2) is 6.12. The van der Waals surface area contributed by atoms with Gasteiger partial charge in [0.1, 0.15) is 0 Å². The molecule has 0 aromatic carbocycles. The summed E-state index contributed by atoms with van der Waals surface area (Å²) >= 11 is 0. The van der Waals surface area contributed by atoms with E-state index >= 15 is 0 Å². The minimum absolute atomic E-state index is 0.117. The van der Waals surface area contributed by atoms with Crippen LogP contribution in [0.25, 0.3) is 0 Å². The van der Waals surface area contributed by atoms with Gasteiger partial charge in [-0.05, 0) is 34.4 Å². The summed E-state index contributed by atoms with van der Waals surface area (Å²) in [6, 6.07) is 0. The molecular formula is C12H25N5. The Morgan fingerprint density at radius 1 is 1.41 bits per heavy atom. The molecule has 0 saturated carbocycles. The van der Waals surface area contributed by atoms with E-state index in [-0.39, 0.29) is 5.54 Å². The van der Waals surface area contributed by atoms with Crippen LogP contribution in [0.1, 0.15) is 33.4 Å². The lowest BCUT2D eigenvalue weighted by molar-refractivity contribution is 0.326. The fourth-order valence-corrected chi connectivity index (χ4v) is 1.32. The second-order valence-corrected chi connectivity index (χ2v) is 5.47. The highest BCUT2D eigenvalue weighted by Gasteiger charge is 2.10. The normalized spacial score (nSPS) is 12.4. The van der Waals surface area contributed by atoms with Gasteiger partial charge < -0.3 is 10.2 Å². The zero-order valence-electron chi connectivity index (χ0n) is 11.7. The third-order valence-electron chi connectivity index (χ3n) is 2.64. The molecule has 98 valence electrons.